The molecule has 3 rings (SSSR count). The second kappa shape index (κ2) is 7.67. The summed E-state index contributed by atoms with van der Waals surface area (Å²) in [5, 5.41) is 5.15. The third-order valence-corrected chi connectivity index (χ3v) is 5.53. The van der Waals surface area contributed by atoms with Gasteiger partial charge in [0.05, 0.1) is 31.7 Å². The molecule has 1 fully saturated rings. The van der Waals surface area contributed by atoms with Crippen LogP contribution < -0.4 is 20.9 Å². The highest BCUT2D eigenvalue weighted by atomic mass is 32.1. The highest BCUT2D eigenvalue weighted by Gasteiger charge is 2.30. The summed E-state index contributed by atoms with van der Waals surface area (Å²) in [6, 6.07) is 11.8. The summed E-state index contributed by atoms with van der Waals surface area (Å²) in [4.78, 5) is 27.5. The van der Waals surface area contributed by atoms with Gasteiger partial charge in [-0.2, -0.15) is 0 Å². The van der Waals surface area contributed by atoms with Gasteiger partial charge in [-0.05, 0) is 30.5 Å². The number of nitrogens with zero attached hydrogens (tertiary/aromatic N) is 1. The molecule has 0 radical (unpaired) electrons. The molecule has 1 aromatic heterocycles. The first kappa shape index (κ1) is 17.4. The largest absolute Gasteiger partial charge is 0.366 e. The van der Waals surface area contributed by atoms with Gasteiger partial charge in [-0.3, -0.25) is 9.59 Å². The molecule has 0 bridgehead atoms. The first-order chi connectivity index (χ1) is 12.1. The summed E-state index contributed by atoms with van der Waals surface area (Å²) < 4.78 is 0. The zero-order valence-corrected chi connectivity index (χ0v) is 15.0. The molecule has 1 aliphatic rings. The van der Waals surface area contributed by atoms with E-state index >= 15 is 0 Å². The fourth-order valence-electron chi connectivity index (χ4n) is 3.13. The van der Waals surface area contributed by atoms with Gasteiger partial charge < -0.3 is 20.9 Å². The lowest BCUT2D eigenvalue weighted by Gasteiger charge is -2.36. The van der Waals surface area contributed by atoms with Gasteiger partial charge in [-0.15, -0.1) is 11.3 Å². The van der Waals surface area contributed by atoms with Crippen molar-refractivity contribution in [3.8, 4) is 0 Å². The van der Waals surface area contributed by atoms with Crippen LogP contribution in [0.4, 0.5) is 10.7 Å². The number of carbonyl (C=O) groups excluding carboxylic acids is 2. The summed E-state index contributed by atoms with van der Waals surface area (Å²) in [6.07, 6.45) is 0. The first-order valence-electron chi connectivity index (χ1n) is 8.39. The van der Waals surface area contributed by atoms with Crippen LogP contribution >= 0.6 is 11.3 Å². The lowest BCUT2D eigenvalue weighted by Crippen LogP contribution is -3.19. The smallest absolute Gasteiger partial charge is 0.282 e. The molecule has 25 heavy (non-hydrogen) atoms. The third kappa shape index (κ3) is 4.00. The van der Waals surface area contributed by atoms with Gasteiger partial charge in [0.1, 0.15) is 5.00 Å². The van der Waals surface area contributed by atoms with Crippen LogP contribution in [0.3, 0.4) is 0 Å². The minimum absolute atomic E-state index is 0.0758. The SMILES string of the molecule is C[C@H](C(=O)Nc1sccc1C(N)=O)[NH+]1CCN(c2ccccc2)CC1. The van der Waals surface area contributed by atoms with Crippen molar-refractivity contribution >= 4 is 33.8 Å². The molecule has 4 N–H and O–H groups in total. The lowest BCUT2D eigenvalue weighted by molar-refractivity contribution is -0.914. The van der Waals surface area contributed by atoms with Crippen LogP contribution in [-0.2, 0) is 4.79 Å². The number of nitrogens with two attached hydrogens (primary N) is 1. The molecule has 7 heteroatoms. The molecule has 6 nitrogen and oxygen atoms in total. The van der Waals surface area contributed by atoms with E-state index in [-0.39, 0.29) is 11.9 Å². The number of hydrogen-bond donors (Lipinski definition) is 3. The summed E-state index contributed by atoms with van der Waals surface area (Å²) in [6.45, 7) is 5.57. The molecule has 2 amide bonds. The van der Waals surface area contributed by atoms with E-state index in [1.165, 1.54) is 21.9 Å². The van der Waals surface area contributed by atoms with Gasteiger partial charge in [0.15, 0.2) is 6.04 Å². The Labute approximate surface area is 151 Å². The fourth-order valence-corrected chi connectivity index (χ4v) is 3.92. The number of thiophene rings is 1. The molecule has 1 aliphatic heterocycles. The quantitative estimate of drug-likeness (QED) is 0.731. The lowest BCUT2D eigenvalue weighted by atomic mass is 10.2. The Morgan fingerprint density at radius 3 is 2.52 bits per heavy atom. The maximum atomic E-state index is 12.5. The summed E-state index contributed by atoms with van der Waals surface area (Å²) in [7, 11) is 0. The highest BCUT2D eigenvalue weighted by Crippen LogP contribution is 2.22. The van der Waals surface area contributed by atoms with Crippen LogP contribution in [0.15, 0.2) is 41.8 Å². The number of para-hydroxylation sites is 1. The third-order valence-electron chi connectivity index (χ3n) is 4.70. The van der Waals surface area contributed by atoms with Crippen LogP contribution in [0, 0.1) is 0 Å². The average molecular weight is 359 g/mol. The van der Waals surface area contributed by atoms with Gasteiger partial charge in [0, 0.05) is 5.69 Å². The molecule has 2 aromatic rings. The number of carbonyl (C=O) groups is 2. The monoisotopic (exact) mass is 359 g/mol. The number of piperazine rings is 1. The summed E-state index contributed by atoms with van der Waals surface area (Å²) in [5.41, 5.74) is 6.93. The predicted octanol–water partition coefficient (Wildman–Crippen LogP) is 0.579. The molecule has 0 aliphatic carbocycles. The standard InChI is InChI=1S/C18H22N4O2S/c1-13(17(24)20-18-15(16(19)23)7-12-25-18)21-8-10-22(11-9-21)14-5-3-2-4-6-14/h2-7,12-13H,8-11H2,1H3,(H2,19,23)(H,20,24)/p+1/t13-/m1/s1. The van der Waals surface area contributed by atoms with Crippen LogP contribution in [0.2, 0.25) is 0 Å². The Bertz CT molecular complexity index is 739. The van der Waals surface area contributed by atoms with Crippen molar-refractivity contribution in [3.63, 3.8) is 0 Å². The Balaban J connectivity index is 1.57. The van der Waals surface area contributed by atoms with Crippen molar-refractivity contribution in [2.45, 2.75) is 13.0 Å². The molecular formula is C18H23N4O2S+. The number of primary amides is 1. The van der Waals surface area contributed by atoms with Gasteiger partial charge in [0.25, 0.3) is 11.8 Å². The van der Waals surface area contributed by atoms with Crippen LogP contribution in [0.1, 0.15) is 17.3 Å². The second-order valence-electron chi connectivity index (χ2n) is 6.22. The number of hydrogen-bond acceptors (Lipinski definition) is 4. The van der Waals surface area contributed by atoms with E-state index in [4.69, 9.17) is 5.73 Å². The molecule has 0 spiro atoms. The predicted molar refractivity (Wildman–Crippen MR) is 100 cm³/mol. The minimum atomic E-state index is -0.520. The Hall–Kier alpha value is -2.38. The van der Waals surface area contributed by atoms with Gasteiger partial charge in [-0.25, -0.2) is 0 Å². The number of benzene rings is 1. The van der Waals surface area contributed by atoms with Crippen LogP contribution in [-0.4, -0.2) is 44.0 Å². The number of rotatable bonds is 5. The van der Waals surface area contributed by atoms with Gasteiger partial charge in [0.2, 0.25) is 0 Å². The Morgan fingerprint density at radius 2 is 1.88 bits per heavy atom. The maximum Gasteiger partial charge on any atom is 0.282 e. The van der Waals surface area contributed by atoms with E-state index in [1.54, 1.807) is 11.4 Å². The van der Waals surface area contributed by atoms with Crippen LogP contribution in [0.5, 0.6) is 0 Å². The minimum Gasteiger partial charge on any atom is -0.366 e. The highest BCUT2D eigenvalue weighted by molar-refractivity contribution is 7.14. The van der Waals surface area contributed by atoms with Crippen molar-refractivity contribution in [3.05, 3.63) is 47.3 Å². The summed E-state index contributed by atoms with van der Waals surface area (Å²) >= 11 is 1.32. The number of nitrogens with one attached hydrogen (secondary N) is 2. The molecule has 0 saturated carbocycles. The van der Waals surface area contributed by atoms with Crippen molar-refractivity contribution in [2.75, 3.05) is 36.4 Å². The second-order valence-corrected chi connectivity index (χ2v) is 7.14. The van der Waals surface area contributed by atoms with E-state index in [2.05, 4.69) is 22.3 Å². The van der Waals surface area contributed by atoms with Gasteiger partial charge in [-0.1, -0.05) is 18.2 Å². The Morgan fingerprint density at radius 1 is 1.20 bits per heavy atom. The molecule has 0 unspecified atom stereocenters. The first-order valence-corrected chi connectivity index (χ1v) is 9.27. The zero-order chi connectivity index (χ0) is 17.8. The van der Waals surface area contributed by atoms with Gasteiger partial charge >= 0.3 is 0 Å². The van der Waals surface area contributed by atoms with E-state index in [9.17, 15) is 9.59 Å². The van der Waals surface area contributed by atoms with Crippen molar-refractivity contribution in [1.82, 2.24) is 0 Å². The topological polar surface area (TPSA) is 79.9 Å². The maximum absolute atomic E-state index is 12.5. The number of anilines is 2. The number of amides is 2. The van der Waals surface area contributed by atoms with E-state index in [0.717, 1.165) is 26.2 Å². The molecule has 1 atom stereocenters. The number of quaternary nitrogens is 1. The molecule has 132 valence electrons. The molecule has 1 saturated heterocycles. The molecule has 2 heterocycles. The van der Waals surface area contributed by atoms with Crippen molar-refractivity contribution in [2.24, 2.45) is 5.73 Å². The normalized spacial score (nSPS) is 16.4. The van der Waals surface area contributed by atoms with Crippen molar-refractivity contribution < 1.29 is 14.5 Å². The summed E-state index contributed by atoms with van der Waals surface area (Å²) in [5.74, 6) is -0.596. The molecule has 1 aromatic carbocycles. The fraction of sp³-hybridized carbons (Fsp3) is 0.333. The van der Waals surface area contributed by atoms with Crippen molar-refractivity contribution in [1.29, 1.82) is 0 Å². The van der Waals surface area contributed by atoms with E-state index < -0.39 is 5.91 Å². The van der Waals surface area contributed by atoms with E-state index in [1.807, 2.05) is 25.1 Å². The average Bonchev–Trinajstić information content (AvgIpc) is 3.10. The van der Waals surface area contributed by atoms with Crippen LogP contribution in [0.25, 0.3) is 0 Å². The molecular weight excluding hydrogens is 336 g/mol. The van der Waals surface area contributed by atoms with E-state index in [0.29, 0.717) is 10.6 Å². The zero-order valence-electron chi connectivity index (χ0n) is 14.2. The Kier molecular flexibility index (Phi) is 5.35.